The van der Waals surface area contributed by atoms with Crippen LogP contribution in [0.4, 0.5) is 15.4 Å². The summed E-state index contributed by atoms with van der Waals surface area (Å²) in [6.45, 7) is 16.9. The Morgan fingerprint density at radius 3 is 1.80 bits per heavy atom. The number of hydrogen-bond acceptors (Lipinski definition) is 7. The zero-order valence-corrected chi connectivity index (χ0v) is 19.4. The van der Waals surface area contributed by atoms with Gasteiger partial charge in [-0.15, -0.1) is 0 Å². The summed E-state index contributed by atoms with van der Waals surface area (Å²) < 4.78 is 47.5. The Balaban J connectivity index is 2.66. The van der Waals surface area contributed by atoms with Crippen LogP contribution < -0.4 is 10.5 Å². The summed E-state index contributed by atoms with van der Waals surface area (Å²) in [4.78, 5) is 30.7. The molecule has 1 aliphatic heterocycles. The van der Waals surface area contributed by atoms with Gasteiger partial charge in [0.1, 0.15) is 17.0 Å². The van der Waals surface area contributed by atoms with Crippen molar-refractivity contribution in [1.82, 2.24) is 4.98 Å². The van der Waals surface area contributed by atoms with E-state index in [0.29, 0.717) is 4.90 Å². The second-order valence-corrected chi connectivity index (χ2v) is 10.1. The van der Waals surface area contributed by atoms with Gasteiger partial charge in [0.25, 0.3) is 0 Å². The van der Waals surface area contributed by atoms with Crippen molar-refractivity contribution in [2.75, 3.05) is 4.90 Å². The standard InChI is InChI=1S/C21H33BN2O6/c1-18(2,3)27-16(25)24(17(26)28-19(4,5)6)15-13-11-12-14(23-15)22-29-20(7,8)21(9,10)30-22/h11-13H,1-10H3/i11D,12D,13D. The zero-order valence-electron chi connectivity index (χ0n) is 22.4. The Bertz CT molecular complexity index is 913. The zero-order chi connectivity index (χ0) is 25.7. The molecule has 166 valence electrons. The summed E-state index contributed by atoms with van der Waals surface area (Å²) in [5.74, 6) is -0.510. The summed E-state index contributed by atoms with van der Waals surface area (Å²) in [6, 6.07) is -1.57. The van der Waals surface area contributed by atoms with Gasteiger partial charge in [-0.05, 0) is 81.3 Å². The first-order chi connectivity index (χ1) is 14.7. The molecule has 30 heavy (non-hydrogen) atoms. The van der Waals surface area contributed by atoms with Crippen LogP contribution >= 0.6 is 0 Å². The molecule has 1 aromatic heterocycles. The number of ether oxygens (including phenoxy) is 2. The number of imide groups is 1. The molecule has 8 nitrogen and oxygen atoms in total. The molecule has 0 atom stereocenters. The molecule has 9 heteroatoms. The molecule has 1 aliphatic rings. The minimum Gasteiger partial charge on any atom is -0.443 e. The summed E-state index contributed by atoms with van der Waals surface area (Å²) >= 11 is 0. The average Bonchev–Trinajstić information content (AvgIpc) is 2.79. The van der Waals surface area contributed by atoms with E-state index in [2.05, 4.69) is 4.98 Å². The first-order valence-electron chi connectivity index (χ1n) is 11.3. The fourth-order valence-electron chi connectivity index (χ4n) is 2.36. The van der Waals surface area contributed by atoms with Crippen LogP contribution in [0.15, 0.2) is 18.1 Å². The normalized spacial score (nSPS) is 19.5. The lowest BCUT2D eigenvalue weighted by molar-refractivity contribution is 0.00578. The molecule has 0 bridgehead atoms. The lowest BCUT2D eigenvalue weighted by Crippen LogP contribution is -2.45. The third-order valence-electron chi connectivity index (χ3n) is 4.43. The van der Waals surface area contributed by atoms with E-state index < -0.39 is 65.7 Å². The van der Waals surface area contributed by atoms with E-state index in [0.717, 1.165) is 0 Å². The third kappa shape index (κ3) is 5.73. The Morgan fingerprint density at radius 1 is 0.967 bits per heavy atom. The molecule has 2 amide bonds. The van der Waals surface area contributed by atoms with Crippen molar-refractivity contribution in [3.05, 3.63) is 18.1 Å². The Labute approximate surface area is 183 Å². The number of rotatable bonds is 2. The highest BCUT2D eigenvalue weighted by Gasteiger charge is 2.52. The summed E-state index contributed by atoms with van der Waals surface area (Å²) in [5.41, 5.74) is -3.59. The molecule has 2 heterocycles. The van der Waals surface area contributed by atoms with E-state index in [1.807, 2.05) is 27.7 Å². The van der Waals surface area contributed by atoms with Gasteiger partial charge >= 0.3 is 19.3 Å². The third-order valence-corrected chi connectivity index (χ3v) is 4.43. The van der Waals surface area contributed by atoms with Gasteiger partial charge in [-0.1, -0.05) is 6.04 Å². The van der Waals surface area contributed by atoms with Gasteiger partial charge in [0, 0.05) is 0 Å². The molecule has 1 saturated heterocycles. The number of aromatic nitrogens is 1. The average molecular weight is 423 g/mol. The topological polar surface area (TPSA) is 87.2 Å². The number of carbonyl (C=O) groups excluding carboxylic acids is 2. The first kappa shape index (κ1) is 19.8. The van der Waals surface area contributed by atoms with E-state index in [1.54, 1.807) is 41.5 Å². The number of pyridine rings is 1. The van der Waals surface area contributed by atoms with Crippen molar-refractivity contribution in [2.24, 2.45) is 0 Å². The van der Waals surface area contributed by atoms with Crippen molar-refractivity contribution in [1.29, 1.82) is 0 Å². The smallest absolute Gasteiger partial charge is 0.443 e. The highest BCUT2D eigenvalue weighted by atomic mass is 16.7. The van der Waals surface area contributed by atoms with E-state index in [1.165, 1.54) is 0 Å². The number of anilines is 1. The second kappa shape index (κ2) is 7.85. The van der Waals surface area contributed by atoms with Crippen molar-refractivity contribution in [2.45, 2.75) is 91.6 Å². The van der Waals surface area contributed by atoms with Crippen LogP contribution in [0.2, 0.25) is 0 Å². The maximum atomic E-state index is 13.0. The molecule has 0 saturated carbocycles. The summed E-state index contributed by atoms with van der Waals surface area (Å²) in [6.07, 6.45) is -2.26. The van der Waals surface area contributed by atoms with Crippen molar-refractivity contribution in [3.8, 4) is 0 Å². The van der Waals surface area contributed by atoms with Gasteiger partial charge in [-0.2, -0.15) is 4.90 Å². The monoisotopic (exact) mass is 423 g/mol. The lowest BCUT2D eigenvalue weighted by atomic mass is 9.84. The fraction of sp³-hybridized carbons (Fsp3) is 0.667. The van der Waals surface area contributed by atoms with Gasteiger partial charge in [0.05, 0.1) is 20.9 Å². The number of hydrogen-bond donors (Lipinski definition) is 0. The molecule has 1 fully saturated rings. The largest absolute Gasteiger partial charge is 0.514 e. The Morgan fingerprint density at radius 2 is 1.40 bits per heavy atom. The highest BCUT2D eigenvalue weighted by Crippen LogP contribution is 2.36. The molecule has 0 aromatic carbocycles. The maximum absolute atomic E-state index is 13.0. The van der Waals surface area contributed by atoms with Gasteiger partial charge in [0.15, 0.2) is 0 Å². The van der Waals surface area contributed by atoms with E-state index in [9.17, 15) is 9.59 Å². The molecule has 0 unspecified atom stereocenters. The van der Waals surface area contributed by atoms with Crippen LogP contribution in [0.25, 0.3) is 0 Å². The van der Waals surface area contributed by atoms with Crippen LogP contribution in [-0.2, 0) is 18.8 Å². The molecule has 2 rings (SSSR count). The maximum Gasteiger partial charge on any atom is 0.514 e. The number of amides is 2. The predicted molar refractivity (Wildman–Crippen MR) is 115 cm³/mol. The van der Waals surface area contributed by atoms with E-state index >= 15 is 0 Å². The lowest BCUT2D eigenvalue weighted by Gasteiger charge is -2.32. The Hall–Kier alpha value is -2.13. The van der Waals surface area contributed by atoms with Gasteiger partial charge in [-0.3, -0.25) is 0 Å². The second-order valence-electron chi connectivity index (χ2n) is 10.1. The first-order valence-corrected chi connectivity index (χ1v) is 9.76. The quantitative estimate of drug-likeness (QED) is 0.663. The molecular weight excluding hydrogens is 387 g/mol. The van der Waals surface area contributed by atoms with Crippen LogP contribution in [0.3, 0.4) is 0 Å². The Kier molecular flexibility index (Phi) is 5.19. The minimum atomic E-state index is -1.15. The van der Waals surface area contributed by atoms with Crippen molar-refractivity contribution < 1.29 is 32.5 Å². The van der Waals surface area contributed by atoms with Crippen LogP contribution in [0.5, 0.6) is 0 Å². The minimum absolute atomic E-state index is 0.137. The molecule has 1 aromatic rings. The highest BCUT2D eigenvalue weighted by molar-refractivity contribution is 6.61. The van der Waals surface area contributed by atoms with Gasteiger partial charge in [0.2, 0.25) is 0 Å². The fourth-order valence-corrected chi connectivity index (χ4v) is 2.36. The van der Waals surface area contributed by atoms with Gasteiger partial charge < -0.3 is 18.8 Å². The van der Waals surface area contributed by atoms with Crippen LogP contribution in [-0.4, -0.2) is 46.7 Å². The summed E-state index contributed by atoms with van der Waals surface area (Å²) in [5, 5.41) is 0. The van der Waals surface area contributed by atoms with Gasteiger partial charge in [-0.25, -0.2) is 14.6 Å². The number of nitrogens with zero attached hydrogens (tertiary/aromatic N) is 2. The van der Waals surface area contributed by atoms with Crippen molar-refractivity contribution >= 4 is 30.7 Å². The SMILES string of the molecule is [2H]c1c(B2OC(C)(C)C(C)(C)O2)nc(N(C(=O)OC(C)(C)C)C(=O)OC(C)(C)C)c([2H])c1[2H]. The molecule has 0 spiro atoms. The molecule has 0 aliphatic carbocycles. The van der Waals surface area contributed by atoms with Crippen molar-refractivity contribution in [3.63, 3.8) is 0 Å². The van der Waals surface area contributed by atoms with Crippen LogP contribution in [0.1, 0.15) is 73.3 Å². The predicted octanol–water partition coefficient (Wildman–Crippen LogP) is 4.06. The summed E-state index contributed by atoms with van der Waals surface area (Å²) in [7, 11) is -1.15. The molecular formula is C21H33BN2O6. The van der Waals surface area contributed by atoms with E-state index in [-0.39, 0.29) is 5.59 Å². The number of carbonyl (C=O) groups is 2. The van der Waals surface area contributed by atoms with E-state index in [4.69, 9.17) is 22.9 Å². The molecule has 0 N–H and O–H groups in total. The molecule has 0 radical (unpaired) electrons. The van der Waals surface area contributed by atoms with Crippen LogP contribution in [0, 0.1) is 0 Å².